The highest BCUT2D eigenvalue weighted by molar-refractivity contribution is 5.72. The zero-order chi connectivity index (χ0) is 9.68. The predicted octanol–water partition coefficient (Wildman–Crippen LogP) is 2.44. The number of benzene rings is 1. The van der Waals surface area contributed by atoms with Crippen LogP contribution in [0.4, 0.5) is 0 Å². The summed E-state index contributed by atoms with van der Waals surface area (Å²) in [5.74, 6) is 0.744. The van der Waals surface area contributed by atoms with Gasteiger partial charge in [0, 0.05) is 6.42 Å². The Balaban J connectivity index is 2.46. The maximum absolute atomic E-state index is 11.2. The lowest BCUT2D eigenvalue weighted by Crippen LogP contribution is -2.10. The van der Waals surface area contributed by atoms with Crippen LogP contribution in [0.3, 0.4) is 0 Å². The molecular weight excluding hydrogens is 164 g/mol. The first-order valence-corrected chi connectivity index (χ1v) is 4.35. The van der Waals surface area contributed by atoms with Crippen LogP contribution >= 0.6 is 0 Å². The van der Waals surface area contributed by atoms with Crippen molar-refractivity contribution in [1.82, 2.24) is 0 Å². The van der Waals surface area contributed by atoms with Crippen LogP contribution in [0.5, 0.6) is 5.75 Å². The number of esters is 1. The number of hydrogen-bond donors (Lipinski definition) is 0. The zero-order valence-electron chi connectivity index (χ0n) is 7.91. The first-order chi connectivity index (χ1) is 6.18. The van der Waals surface area contributed by atoms with Crippen LogP contribution in [-0.4, -0.2) is 5.97 Å². The van der Waals surface area contributed by atoms with Gasteiger partial charge in [0.25, 0.3) is 0 Å². The lowest BCUT2D eigenvalue weighted by atomic mass is 10.1. The average Bonchev–Trinajstić information content (AvgIpc) is 2.04. The van der Waals surface area contributed by atoms with Crippen LogP contribution in [-0.2, 0) is 4.79 Å². The van der Waals surface area contributed by atoms with Crippen LogP contribution in [0.1, 0.15) is 20.3 Å². The molecule has 0 aromatic heterocycles. The smallest absolute Gasteiger partial charge is 0.311 e. The summed E-state index contributed by atoms with van der Waals surface area (Å²) in [5.41, 5.74) is 0. The molecule has 0 amide bonds. The molecule has 0 aliphatic carbocycles. The van der Waals surface area contributed by atoms with Crippen molar-refractivity contribution in [2.75, 3.05) is 0 Å². The summed E-state index contributed by atoms with van der Waals surface area (Å²) in [4.78, 5) is 11.2. The van der Waals surface area contributed by atoms with Crippen LogP contribution < -0.4 is 4.74 Å². The van der Waals surface area contributed by atoms with Gasteiger partial charge in [-0.05, 0) is 24.1 Å². The quantitative estimate of drug-likeness (QED) is 0.523. The molecule has 0 atom stereocenters. The molecule has 1 aromatic rings. The fourth-order valence-corrected chi connectivity index (χ4v) is 0.946. The first kappa shape index (κ1) is 9.78. The molecule has 2 heteroatoms. The monoisotopic (exact) mass is 177 g/mol. The minimum atomic E-state index is -0.179. The molecule has 0 saturated carbocycles. The average molecular weight is 177 g/mol. The van der Waals surface area contributed by atoms with Crippen LogP contribution in [0.25, 0.3) is 0 Å². The van der Waals surface area contributed by atoms with Gasteiger partial charge in [-0.15, -0.1) is 0 Å². The molecule has 0 N–H and O–H groups in total. The van der Waals surface area contributed by atoms with Gasteiger partial charge in [-0.3, -0.25) is 4.79 Å². The van der Waals surface area contributed by atoms with E-state index in [2.05, 4.69) is 6.07 Å². The molecule has 0 aliphatic heterocycles. The van der Waals surface area contributed by atoms with Crippen molar-refractivity contribution in [2.45, 2.75) is 20.3 Å². The summed E-state index contributed by atoms with van der Waals surface area (Å²) in [6.45, 7) is 3.97. The minimum absolute atomic E-state index is 0.179. The Morgan fingerprint density at radius 1 is 1.46 bits per heavy atom. The third kappa shape index (κ3) is 3.74. The van der Waals surface area contributed by atoms with Crippen molar-refractivity contribution < 1.29 is 9.53 Å². The third-order valence-electron chi connectivity index (χ3n) is 1.49. The number of carbonyl (C=O) groups excluding carboxylic acids is 1. The number of ether oxygens (including phenoxy) is 1. The van der Waals surface area contributed by atoms with Crippen molar-refractivity contribution >= 4 is 5.97 Å². The largest absolute Gasteiger partial charge is 0.427 e. The van der Waals surface area contributed by atoms with E-state index in [0.29, 0.717) is 18.1 Å². The first-order valence-electron chi connectivity index (χ1n) is 4.35. The van der Waals surface area contributed by atoms with E-state index in [1.807, 2.05) is 13.8 Å². The normalized spacial score (nSPS) is 10.1. The molecule has 0 aliphatic rings. The molecule has 0 heterocycles. The molecule has 2 nitrogen and oxygen atoms in total. The van der Waals surface area contributed by atoms with Gasteiger partial charge >= 0.3 is 5.97 Å². The fraction of sp³-hybridized carbons (Fsp3) is 0.364. The topological polar surface area (TPSA) is 26.3 Å². The van der Waals surface area contributed by atoms with Crippen molar-refractivity contribution in [3.05, 3.63) is 30.3 Å². The predicted molar refractivity (Wildman–Crippen MR) is 50.4 cm³/mol. The van der Waals surface area contributed by atoms with Crippen LogP contribution in [0.15, 0.2) is 24.3 Å². The van der Waals surface area contributed by atoms with E-state index in [4.69, 9.17) is 4.74 Å². The number of hydrogen-bond acceptors (Lipinski definition) is 2. The van der Waals surface area contributed by atoms with Crippen molar-refractivity contribution in [3.8, 4) is 5.75 Å². The van der Waals surface area contributed by atoms with E-state index in [1.165, 1.54) is 0 Å². The molecule has 0 spiro atoms. The summed E-state index contributed by atoms with van der Waals surface area (Å²) < 4.78 is 5.07. The molecule has 0 bridgehead atoms. The molecule has 0 saturated heterocycles. The van der Waals surface area contributed by atoms with E-state index < -0.39 is 0 Å². The Morgan fingerprint density at radius 2 is 2.08 bits per heavy atom. The molecule has 0 fully saturated rings. The molecule has 13 heavy (non-hydrogen) atoms. The van der Waals surface area contributed by atoms with Crippen LogP contribution in [0.2, 0.25) is 0 Å². The van der Waals surface area contributed by atoms with Gasteiger partial charge in [0.05, 0.1) is 0 Å². The standard InChI is InChI=1S/C11H13O2/c1-9(2)8-11(12)13-10-6-4-3-5-7-10/h4-7,9H,8H2,1-2H3. The summed E-state index contributed by atoms with van der Waals surface area (Å²) in [6, 6.07) is 9.74. The maximum Gasteiger partial charge on any atom is 0.311 e. The summed E-state index contributed by atoms with van der Waals surface area (Å²) in [5, 5.41) is 0. The Kier molecular flexibility index (Phi) is 3.50. The highest BCUT2D eigenvalue weighted by Gasteiger charge is 2.06. The van der Waals surface area contributed by atoms with E-state index in [-0.39, 0.29) is 5.97 Å². The Labute approximate surface area is 78.5 Å². The number of rotatable bonds is 3. The van der Waals surface area contributed by atoms with E-state index >= 15 is 0 Å². The van der Waals surface area contributed by atoms with E-state index in [1.54, 1.807) is 24.3 Å². The number of carbonyl (C=O) groups is 1. The molecule has 69 valence electrons. The summed E-state index contributed by atoms with van der Waals surface area (Å²) in [7, 11) is 0. The SMILES string of the molecule is CC(C)CC(=O)Oc1cc[c]cc1. The lowest BCUT2D eigenvalue weighted by Gasteiger charge is -2.05. The zero-order valence-corrected chi connectivity index (χ0v) is 7.91. The highest BCUT2D eigenvalue weighted by Crippen LogP contribution is 2.10. The van der Waals surface area contributed by atoms with Gasteiger partial charge < -0.3 is 4.74 Å². The van der Waals surface area contributed by atoms with Gasteiger partial charge in [0.1, 0.15) is 5.75 Å². The minimum Gasteiger partial charge on any atom is -0.427 e. The van der Waals surface area contributed by atoms with Crippen molar-refractivity contribution in [1.29, 1.82) is 0 Å². The second-order valence-electron chi connectivity index (χ2n) is 3.31. The Hall–Kier alpha value is -1.31. The van der Waals surface area contributed by atoms with E-state index in [9.17, 15) is 4.79 Å². The molecular formula is C11H13O2. The summed E-state index contributed by atoms with van der Waals surface area (Å²) in [6.07, 6.45) is 0.457. The molecule has 1 radical (unpaired) electrons. The van der Waals surface area contributed by atoms with Crippen molar-refractivity contribution in [3.63, 3.8) is 0 Å². The van der Waals surface area contributed by atoms with Gasteiger partial charge in [-0.2, -0.15) is 0 Å². The lowest BCUT2D eigenvalue weighted by molar-refractivity contribution is -0.135. The van der Waals surface area contributed by atoms with Crippen molar-refractivity contribution in [2.24, 2.45) is 5.92 Å². The Bertz CT molecular complexity index is 265. The second-order valence-corrected chi connectivity index (χ2v) is 3.31. The fourth-order valence-electron chi connectivity index (χ4n) is 0.946. The van der Waals surface area contributed by atoms with Gasteiger partial charge in [0.2, 0.25) is 0 Å². The van der Waals surface area contributed by atoms with E-state index in [0.717, 1.165) is 0 Å². The third-order valence-corrected chi connectivity index (χ3v) is 1.49. The van der Waals surface area contributed by atoms with Gasteiger partial charge in [-0.1, -0.05) is 26.0 Å². The molecule has 0 unspecified atom stereocenters. The highest BCUT2D eigenvalue weighted by atomic mass is 16.5. The summed E-state index contributed by atoms with van der Waals surface area (Å²) >= 11 is 0. The van der Waals surface area contributed by atoms with Gasteiger partial charge in [-0.25, -0.2) is 0 Å². The van der Waals surface area contributed by atoms with Crippen LogP contribution in [0, 0.1) is 12.0 Å². The Morgan fingerprint density at radius 3 is 2.62 bits per heavy atom. The molecule has 1 aromatic carbocycles. The maximum atomic E-state index is 11.2. The molecule has 1 rings (SSSR count). The van der Waals surface area contributed by atoms with Gasteiger partial charge in [0.15, 0.2) is 0 Å². The second kappa shape index (κ2) is 4.65.